The largest absolute Gasteiger partial charge is 0.330 e. The molecule has 0 aromatic heterocycles. The summed E-state index contributed by atoms with van der Waals surface area (Å²) in [5.41, 5.74) is 7.28. The van der Waals surface area contributed by atoms with Gasteiger partial charge in [0.1, 0.15) is 0 Å². The van der Waals surface area contributed by atoms with Gasteiger partial charge in [-0.1, -0.05) is 30.3 Å². The first-order valence-electron chi connectivity index (χ1n) is 5.78. The second-order valence-electron chi connectivity index (χ2n) is 4.47. The van der Waals surface area contributed by atoms with Gasteiger partial charge in [-0.3, -0.25) is 4.90 Å². The van der Waals surface area contributed by atoms with Crippen molar-refractivity contribution in [3.8, 4) is 0 Å². The number of rotatable bonds is 2. The Morgan fingerprint density at radius 3 is 2.73 bits per heavy atom. The van der Waals surface area contributed by atoms with Crippen molar-refractivity contribution in [2.45, 2.75) is 18.9 Å². The molecule has 0 saturated carbocycles. The van der Waals surface area contributed by atoms with E-state index < -0.39 is 0 Å². The summed E-state index contributed by atoms with van der Waals surface area (Å²) in [6, 6.07) is 11.3. The van der Waals surface area contributed by atoms with Gasteiger partial charge in [0.2, 0.25) is 0 Å². The molecule has 2 atom stereocenters. The second-order valence-corrected chi connectivity index (χ2v) is 4.47. The van der Waals surface area contributed by atoms with Gasteiger partial charge in [0.25, 0.3) is 0 Å². The molecular formula is C13H20N2. The molecule has 2 N–H and O–H groups in total. The maximum Gasteiger partial charge on any atom is 0.0385 e. The van der Waals surface area contributed by atoms with E-state index in [0.29, 0.717) is 12.0 Å². The number of hydrogen-bond acceptors (Lipinski definition) is 2. The SMILES string of the molecule is CN1CCC[C@H](CN)[C@H]1c1ccccc1. The summed E-state index contributed by atoms with van der Waals surface area (Å²) in [7, 11) is 2.21. The highest BCUT2D eigenvalue weighted by atomic mass is 15.1. The van der Waals surface area contributed by atoms with Crippen LogP contribution < -0.4 is 5.73 Å². The summed E-state index contributed by atoms with van der Waals surface area (Å²) in [5, 5.41) is 0. The molecule has 15 heavy (non-hydrogen) atoms. The molecular weight excluding hydrogens is 184 g/mol. The molecule has 1 heterocycles. The fourth-order valence-corrected chi connectivity index (χ4v) is 2.68. The third-order valence-electron chi connectivity index (χ3n) is 3.45. The lowest BCUT2D eigenvalue weighted by Crippen LogP contribution is -2.39. The zero-order valence-electron chi connectivity index (χ0n) is 9.39. The standard InChI is InChI=1S/C13H20N2/c1-15-9-5-8-12(10-14)13(15)11-6-3-2-4-7-11/h2-4,6-7,12-13H,5,8-10,14H2,1H3/t12-,13-/m1/s1. The highest BCUT2D eigenvalue weighted by Crippen LogP contribution is 2.33. The highest BCUT2D eigenvalue weighted by Gasteiger charge is 2.28. The monoisotopic (exact) mass is 204 g/mol. The maximum absolute atomic E-state index is 5.87. The van der Waals surface area contributed by atoms with Crippen LogP contribution >= 0.6 is 0 Å². The number of piperidine rings is 1. The summed E-state index contributed by atoms with van der Waals surface area (Å²) < 4.78 is 0. The molecule has 2 rings (SSSR count). The average Bonchev–Trinajstić information content (AvgIpc) is 2.29. The van der Waals surface area contributed by atoms with Crippen LogP contribution in [0.25, 0.3) is 0 Å². The first kappa shape index (κ1) is 10.7. The minimum Gasteiger partial charge on any atom is -0.330 e. The van der Waals surface area contributed by atoms with Gasteiger partial charge >= 0.3 is 0 Å². The molecule has 1 fully saturated rings. The first-order valence-corrected chi connectivity index (χ1v) is 5.78. The summed E-state index contributed by atoms with van der Waals surface area (Å²) in [4.78, 5) is 2.44. The molecule has 1 aliphatic heterocycles. The lowest BCUT2D eigenvalue weighted by Gasteiger charge is -2.39. The predicted octanol–water partition coefficient (Wildman–Crippen LogP) is 2.03. The van der Waals surface area contributed by atoms with E-state index in [0.717, 1.165) is 6.54 Å². The molecule has 0 unspecified atom stereocenters. The molecule has 2 nitrogen and oxygen atoms in total. The number of nitrogens with zero attached hydrogens (tertiary/aromatic N) is 1. The molecule has 1 aromatic rings. The molecule has 1 aliphatic rings. The minimum atomic E-state index is 0.518. The van der Waals surface area contributed by atoms with Crippen LogP contribution in [0.3, 0.4) is 0 Å². The molecule has 1 aromatic carbocycles. The van der Waals surface area contributed by atoms with E-state index in [4.69, 9.17) is 5.73 Å². The second kappa shape index (κ2) is 4.77. The Kier molecular flexibility index (Phi) is 3.39. The first-order chi connectivity index (χ1) is 7.33. The molecule has 1 saturated heterocycles. The quantitative estimate of drug-likeness (QED) is 0.798. The van der Waals surface area contributed by atoms with Crippen LogP contribution in [0.5, 0.6) is 0 Å². The van der Waals surface area contributed by atoms with E-state index in [9.17, 15) is 0 Å². The van der Waals surface area contributed by atoms with E-state index in [-0.39, 0.29) is 0 Å². The summed E-state index contributed by atoms with van der Waals surface area (Å²) >= 11 is 0. The van der Waals surface area contributed by atoms with Crippen molar-refractivity contribution in [1.82, 2.24) is 4.90 Å². The van der Waals surface area contributed by atoms with Gasteiger partial charge in [-0.25, -0.2) is 0 Å². The number of nitrogens with two attached hydrogens (primary N) is 1. The van der Waals surface area contributed by atoms with Crippen molar-refractivity contribution in [2.75, 3.05) is 20.1 Å². The van der Waals surface area contributed by atoms with E-state index in [1.807, 2.05) is 0 Å². The normalized spacial score (nSPS) is 27.9. The van der Waals surface area contributed by atoms with Crippen molar-refractivity contribution in [2.24, 2.45) is 11.7 Å². The Morgan fingerprint density at radius 1 is 1.33 bits per heavy atom. The minimum absolute atomic E-state index is 0.518. The molecule has 0 amide bonds. The average molecular weight is 204 g/mol. The third-order valence-corrected chi connectivity index (χ3v) is 3.45. The Bertz CT molecular complexity index is 297. The Morgan fingerprint density at radius 2 is 2.07 bits per heavy atom. The lowest BCUT2D eigenvalue weighted by atomic mass is 9.85. The van der Waals surface area contributed by atoms with E-state index >= 15 is 0 Å². The van der Waals surface area contributed by atoms with Crippen molar-refractivity contribution in [3.05, 3.63) is 35.9 Å². The summed E-state index contributed by atoms with van der Waals surface area (Å²) in [6.07, 6.45) is 2.54. The van der Waals surface area contributed by atoms with Gasteiger partial charge in [0.05, 0.1) is 0 Å². The van der Waals surface area contributed by atoms with Gasteiger partial charge in [0, 0.05) is 6.04 Å². The predicted molar refractivity (Wildman–Crippen MR) is 63.6 cm³/mol. The van der Waals surface area contributed by atoms with Gasteiger partial charge < -0.3 is 5.73 Å². The van der Waals surface area contributed by atoms with E-state index in [1.165, 1.54) is 24.9 Å². The Hall–Kier alpha value is -0.860. The zero-order valence-corrected chi connectivity index (χ0v) is 9.39. The van der Waals surface area contributed by atoms with Gasteiger partial charge in [-0.2, -0.15) is 0 Å². The Balaban J connectivity index is 2.23. The number of hydrogen-bond donors (Lipinski definition) is 1. The van der Waals surface area contributed by atoms with Crippen LogP contribution in [0, 0.1) is 5.92 Å². The molecule has 0 aliphatic carbocycles. The van der Waals surface area contributed by atoms with Crippen LogP contribution in [0.2, 0.25) is 0 Å². The third kappa shape index (κ3) is 2.21. The smallest absolute Gasteiger partial charge is 0.0385 e. The molecule has 0 spiro atoms. The fraction of sp³-hybridized carbons (Fsp3) is 0.538. The van der Waals surface area contributed by atoms with Crippen LogP contribution in [0.4, 0.5) is 0 Å². The highest BCUT2D eigenvalue weighted by molar-refractivity contribution is 5.20. The maximum atomic E-state index is 5.87. The number of benzene rings is 1. The van der Waals surface area contributed by atoms with E-state index in [2.05, 4.69) is 42.3 Å². The summed E-state index contributed by atoms with van der Waals surface area (Å²) in [6.45, 7) is 1.99. The summed E-state index contributed by atoms with van der Waals surface area (Å²) in [5.74, 6) is 0.617. The zero-order chi connectivity index (χ0) is 10.7. The van der Waals surface area contributed by atoms with Crippen molar-refractivity contribution in [3.63, 3.8) is 0 Å². The van der Waals surface area contributed by atoms with Crippen molar-refractivity contribution in [1.29, 1.82) is 0 Å². The van der Waals surface area contributed by atoms with Crippen LogP contribution in [-0.4, -0.2) is 25.0 Å². The molecule has 0 bridgehead atoms. The van der Waals surface area contributed by atoms with Crippen LogP contribution in [-0.2, 0) is 0 Å². The van der Waals surface area contributed by atoms with Gasteiger partial charge in [-0.05, 0) is 44.5 Å². The van der Waals surface area contributed by atoms with Crippen LogP contribution in [0.1, 0.15) is 24.4 Å². The Labute approximate surface area is 92.1 Å². The van der Waals surface area contributed by atoms with Gasteiger partial charge in [-0.15, -0.1) is 0 Å². The lowest BCUT2D eigenvalue weighted by molar-refractivity contribution is 0.125. The molecule has 0 radical (unpaired) electrons. The molecule has 2 heteroatoms. The van der Waals surface area contributed by atoms with Crippen LogP contribution in [0.15, 0.2) is 30.3 Å². The topological polar surface area (TPSA) is 29.3 Å². The molecule has 82 valence electrons. The van der Waals surface area contributed by atoms with E-state index in [1.54, 1.807) is 0 Å². The van der Waals surface area contributed by atoms with Gasteiger partial charge in [0.15, 0.2) is 0 Å². The van der Waals surface area contributed by atoms with Crippen molar-refractivity contribution < 1.29 is 0 Å². The fourth-order valence-electron chi connectivity index (χ4n) is 2.68. The number of likely N-dealkylation sites (tertiary alicyclic amines) is 1. The van der Waals surface area contributed by atoms with Crippen molar-refractivity contribution >= 4 is 0 Å².